The molecule has 1 fully saturated rings. The highest BCUT2D eigenvalue weighted by Gasteiger charge is 2.26. The number of halogens is 2. The van der Waals surface area contributed by atoms with Gasteiger partial charge in [-0.2, -0.15) is 0 Å². The lowest BCUT2D eigenvalue weighted by Gasteiger charge is -2.21. The van der Waals surface area contributed by atoms with Crippen molar-refractivity contribution in [3.8, 4) is 5.75 Å². The summed E-state index contributed by atoms with van der Waals surface area (Å²) in [6.45, 7) is 0. The van der Waals surface area contributed by atoms with Crippen molar-refractivity contribution in [2.45, 2.75) is 31.6 Å². The van der Waals surface area contributed by atoms with Crippen LogP contribution in [-0.2, 0) is 0 Å². The second-order valence-corrected chi connectivity index (χ2v) is 5.01. The van der Waals surface area contributed by atoms with E-state index in [2.05, 4.69) is 0 Å². The number of hydrogen-bond donors (Lipinski definition) is 0. The van der Waals surface area contributed by atoms with Crippen LogP contribution in [0.1, 0.15) is 37.2 Å². The maximum absolute atomic E-state index is 13.7. The zero-order chi connectivity index (χ0) is 12.3. The molecule has 1 nitrogen and oxygen atoms in total. The smallest absolute Gasteiger partial charge is 0.165 e. The maximum Gasteiger partial charge on any atom is 0.165 e. The summed E-state index contributed by atoms with van der Waals surface area (Å²) in [6, 6.07) is 5.21. The van der Waals surface area contributed by atoms with Gasteiger partial charge in [-0.1, -0.05) is 18.9 Å². The number of ether oxygens (including phenoxy) is 1. The molecule has 1 aromatic carbocycles. The molecule has 1 aromatic rings. The molecule has 0 spiro atoms. The predicted octanol–water partition coefficient (Wildman–Crippen LogP) is 4.35. The van der Waals surface area contributed by atoms with E-state index in [1.807, 2.05) is 6.07 Å². The van der Waals surface area contributed by atoms with Crippen molar-refractivity contribution in [3.05, 3.63) is 29.6 Å². The molecular formula is C14H18ClFO. The van der Waals surface area contributed by atoms with Gasteiger partial charge in [0.15, 0.2) is 11.6 Å². The van der Waals surface area contributed by atoms with Gasteiger partial charge in [0, 0.05) is 11.8 Å². The standard InChI is InChI=1S/C14H18ClFO/c1-17-14-7-6-11(8-13(14)16)12(9-15)10-4-2-3-5-10/h6-8,10,12H,2-5,9H2,1H3. The molecule has 0 heterocycles. The fraction of sp³-hybridized carbons (Fsp3) is 0.571. The fourth-order valence-corrected chi connectivity index (χ4v) is 3.19. The Morgan fingerprint density at radius 3 is 2.65 bits per heavy atom. The molecule has 0 saturated heterocycles. The molecule has 0 N–H and O–H groups in total. The fourth-order valence-electron chi connectivity index (χ4n) is 2.76. The Balaban J connectivity index is 2.21. The van der Waals surface area contributed by atoms with Crippen LogP contribution in [0, 0.1) is 11.7 Å². The minimum Gasteiger partial charge on any atom is -0.494 e. The van der Waals surface area contributed by atoms with Gasteiger partial charge in [-0.15, -0.1) is 11.6 Å². The summed E-state index contributed by atoms with van der Waals surface area (Å²) in [6.07, 6.45) is 4.98. The van der Waals surface area contributed by atoms with Crippen LogP contribution >= 0.6 is 11.6 Å². The SMILES string of the molecule is COc1ccc(C(CCl)C2CCCC2)cc1F. The van der Waals surface area contributed by atoms with Crippen LogP contribution < -0.4 is 4.74 Å². The molecule has 1 aliphatic carbocycles. The van der Waals surface area contributed by atoms with Crippen LogP contribution in [0.5, 0.6) is 5.75 Å². The third-order valence-electron chi connectivity index (χ3n) is 3.74. The Hall–Kier alpha value is -0.760. The molecule has 0 aromatic heterocycles. The molecule has 0 amide bonds. The van der Waals surface area contributed by atoms with Gasteiger partial charge in [-0.05, 0) is 36.5 Å². The van der Waals surface area contributed by atoms with Gasteiger partial charge in [0.25, 0.3) is 0 Å². The van der Waals surface area contributed by atoms with Crippen LogP contribution in [0.4, 0.5) is 4.39 Å². The van der Waals surface area contributed by atoms with E-state index in [1.54, 1.807) is 12.1 Å². The van der Waals surface area contributed by atoms with E-state index in [1.165, 1.54) is 32.8 Å². The van der Waals surface area contributed by atoms with Crippen molar-refractivity contribution in [2.75, 3.05) is 13.0 Å². The minimum absolute atomic E-state index is 0.277. The van der Waals surface area contributed by atoms with Crippen LogP contribution in [0.25, 0.3) is 0 Å². The van der Waals surface area contributed by atoms with E-state index in [0.717, 1.165) is 5.56 Å². The lowest BCUT2D eigenvalue weighted by Crippen LogP contribution is -2.11. The van der Waals surface area contributed by atoms with Gasteiger partial charge in [0.05, 0.1) is 7.11 Å². The highest BCUT2D eigenvalue weighted by atomic mass is 35.5. The first-order valence-electron chi connectivity index (χ1n) is 6.15. The van der Waals surface area contributed by atoms with E-state index < -0.39 is 0 Å². The Morgan fingerprint density at radius 1 is 1.41 bits per heavy atom. The molecule has 1 aliphatic rings. The number of benzene rings is 1. The van der Waals surface area contributed by atoms with E-state index in [-0.39, 0.29) is 11.7 Å². The lowest BCUT2D eigenvalue weighted by molar-refractivity contribution is 0.384. The Labute approximate surface area is 107 Å². The zero-order valence-corrected chi connectivity index (χ0v) is 10.8. The first kappa shape index (κ1) is 12.7. The normalized spacial score (nSPS) is 18.3. The summed E-state index contributed by atoms with van der Waals surface area (Å²) >= 11 is 6.05. The molecule has 1 saturated carbocycles. The van der Waals surface area contributed by atoms with E-state index in [4.69, 9.17) is 16.3 Å². The summed E-state index contributed by atoms with van der Waals surface area (Å²) in [5.74, 6) is 1.46. The van der Waals surface area contributed by atoms with Crippen LogP contribution in [0.2, 0.25) is 0 Å². The van der Waals surface area contributed by atoms with Crippen molar-refractivity contribution in [2.24, 2.45) is 5.92 Å². The number of hydrogen-bond acceptors (Lipinski definition) is 1. The number of methoxy groups -OCH3 is 1. The van der Waals surface area contributed by atoms with E-state index >= 15 is 0 Å². The lowest BCUT2D eigenvalue weighted by atomic mass is 9.86. The highest BCUT2D eigenvalue weighted by Crippen LogP contribution is 2.38. The quantitative estimate of drug-likeness (QED) is 0.728. The van der Waals surface area contributed by atoms with Gasteiger partial charge in [-0.25, -0.2) is 4.39 Å². The first-order valence-corrected chi connectivity index (χ1v) is 6.69. The summed E-state index contributed by atoms with van der Waals surface area (Å²) in [5, 5.41) is 0. The maximum atomic E-state index is 13.7. The van der Waals surface area contributed by atoms with Crippen LogP contribution in [0.3, 0.4) is 0 Å². The summed E-state index contributed by atoms with van der Waals surface area (Å²) < 4.78 is 18.6. The van der Waals surface area contributed by atoms with Crippen molar-refractivity contribution in [1.82, 2.24) is 0 Å². The van der Waals surface area contributed by atoms with E-state index in [9.17, 15) is 4.39 Å². The molecule has 0 bridgehead atoms. The topological polar surface area (TPSA) is 9.23 Å². The van der Waals surface area contributed by atoms with Gasteiger partial charge < -0.3 is 4.74 Å². The molecule has 94 valence electrons. The second kappa shape index (κ2) is 5.72. The average molecular weight is 257 g/mol. The Morgan fingerprint density at radius 2 is 2.12 bits per heavy atom. The average Bonchev–Trinajstić information content (AvgIpc) is 2.84. The molecule has 2 rings (SSSR count). The molecule has 1 unspecified atom stereocenters. The third kappa shape index (κ3) is 2.74. The monoisotopic (exact) mass is 256 g/mol. The second-order valence-electron chi connectivity index (χ2n) is 4.70. The third-order valence-corrected chi connectivity index (χ3v) is 4.07. The van der Waals surface area contributed by atoms with Gasteiger partial charge in [0.1, 0.15) is 0 Å². The number of rotatable bonds is 4. The molecular weight excluding hydrogens is 239 g/mol. The van der Waals surface area contributed by atoms with Crippen molar-refractivity contribution >= 4 is 11.6 Å². The Kier molecular flexibility index (Phi) is 4.27. The first-order chi connectivity index (χ1) is 8.26. The highest BCUT2D eigenvalue weighted by molar-refractivity contribution is 6.18. The molecule has 1 atom stereocenters. The van der Waals surface area contributed by atoms with E-state index in [0.29, 0.717) is 17.5 Å². The molecule has 3 heteroatoms. The summed E-state index contributed by atoms with van der Waals surface area (Å²) in [5.41, 5.74) is 1.00. The van der Waals surface area contributed by atoms with Crippen molar-refractivity contribution in [3.63, 3.8) is 0 Å². The zero-order valence-electron chi connectivity index (χ0n) is 10.1. The number of alkyl halides is 1. The van der Waals surface area contributed by atoms with Gasteiger partial charge in [0.2, 0.25) is 0 Å². The molecule has 17 heavy (non-hydrogen) atoms. The summed E-state index contributed by atoms with van der Waals surface area (Å²) in [7, 11) is 1.48. The molecule has 0 aliphatic heterocycles. The largest absolute Gasteiger partial charge is 0.494 e. The summed E-state index contributed by atoms with van der Waals surface area (Å²) in [4.78, 5) is 0. The minimum atomic E-state index is -0.293. The van der Waals surface area contributed by atoms with Crippen LogP contribution in [0.15, 0.2) is 18.2 Å². The van der Waals surface area contributed by atoms with Crippen molar-refractivity contribution in [1.29, 1.82) is 0 Å². The Bertz CT molecular complexity index is 374. The van der Waals surface area contributed by atoms with Gasteiger partial charge in [-0.3, -0.25) is 0 Å². The van der Waals surface area contributed by atoms with Crippen molar-refractivity contribution < 1.29 is 9.13 Å². The van der Waals surface area contributed by atoms with Crippen LogP contribution in [-0.4, -0.2) is 13.0 Å². The predicted molar refractivity (Wildman–Crippen MR) is 68.4 cm³/mol. The van der Waals surface area contributed by atoms with Gasteiger partial charge >= 0.3 is 0 Å². The molecule has 0 radical (unpaired) electrons.